The van der Waals surface area contributed by atoms with Gasteiger partial charge in [0.1, 0.15) is 5.75 Å². The van der Waals surface area contributed by atoms with E-state index in [9.17, 15) is 13.2 Å². The molecular formula is C25H29N3O4S. The van der Waals surface area contributed by atoms with Crippen molar-refractivity contribution in [2.45, 2.75) is 17.9 Å². The summed E-state index contributed by atoms with van der Waals surface area (Å²) >= 11 is 0. The summed E-state index contributed by atoms with van der Waals surface area (Å²) in [5.74, 6) is 0.483. The quantitative estimate of drug-likeness (QED) is 0.499. The van der Waals surface area contributed by atoms with E-state index in [4.69, 9.17) is 4.74 Å². The lowest BCUT2D eigenvalue weighted by atomic mass is 10.1. The van der Waals surface area contributed by atoms with Crippen LogP contribution in [-0.4, -0.2) is 47.0 Å². The highest BCUT2D eigenvalue weighted by atomic mass is 32.2. The van der Waals surface area contributed by atoms with E-state index in [2.05, 4.69) is 10.0 Å². The van der Waals surface area contributed by atoms with Crippen LogP contribution in [0.15, 0.2) is 77.7 Å². The third-order valence-corrected chi connectivity index (χ3v) is 6.69. The van der Waals surface area contributed by atoms with Crippen molar-refractivity contribution in [3.05, 3.63) is 89.5 Å². The molecule has 0 fully saturated rings. The molecule has 0 saturated carbocycles. The molecule has 1 atom stereocenters. The van der Waals surface area contributed by atoms with Gasteiger partial charge in [0.2, 0.25) is 0 Å². The highest BCUT2D eigenvalue weighted by Gasteiger charge is 2.18. The van der Waals surface area contributed by atoms with E-state index in [1.54, 1.807) is 49.6 Å². The van der Waals surface area contributed by atoms with Gasteiger partial charge in [0.15, 0.2) is 0 Å². The number of benzene rings is 3. The van der Waals surface area contributed by atoms with E-state index in [1.165, 1.54) is 6.07 Å². The molecule has 1 unspecified atom stereocenters. The normalized spacial score (nSPS) is 12.3. The van der Waals surface area contributed by atoms with Gasteiger partial charge >= 0.3 is 0 Å². The van der Waals surface area contributed by atoms with Crippen molar-refractivity contribution in [1.29, 1.82) is 0 Å². The van der Waals surface area contributed by atoms with Gasteiger partial charge in [0.25, 0.3) is 15.9 Å². The fourth-order valence-corrected chi connectivity index (χ4v) is 4.42. The largest absolute Gasteiger partial charge is 0.497 e. The van der Waals surface area contributed by atoms with Gasteiger partial charge in [-0.1, -0.05) is 35.9 Å². The minimum absolute atomic E-state index is 0.0388. The third kappa shape index (κ3) is 6.34. The van der Waals surface area contributed by atoms with Crippen molar-refractivity contribution in [1.82, 2.24) is 10.2 Å². The smallest absolute Gasteiger partial charge is 0.261 e. The van der Waals surface area contributed by atoms with Crippen LogP contribution >= 0.6 is 0 Å². The summed E-state index contributed by atoms with van der Waals surface area (Å²) in [6.07, 6.45) is 0. The summed E-state index contributed by atoms with van der Waals surface area (Å²) in [5, 5.41) is 2.95. The number of sulfonamides is 1. The summed E-state index contributed by atoms with van der Waals surface area (Å²) in [6.45, 7) is 2.28. The molecular weight excluding hydrogens is 438 g/mol. The summed E-state index contributed by atoms with van der Waals surface area (Å²) in [4.78, 5) is 15.0. The minimum atomic E-state index is -3.75. The van der Waals surface area contributed by atoms with E-state index in [0.717, 1.165) is 16.9 Å². The monoisotopic (exact) mass is 467 g/mol. The maximum atomic E-state index is 12.8. The topological polar surface area (TPSA) is 87.7 Å². The van der Waals surface area contributed by atoms with Gasteiger partial charge in [0.05, 0.1) is 18.0 Å². The molecule has 7 nitrogen and oxygen atoms in total. The maximum Gasteiger partial charge on any atom is 0.261 e. The number of rotatable bonds is 9. The number of amides is 1. The number of nitrogens with one attached hydrogen (secondary N) is 2. The second kappa shape index (κ2) is 10.5. The molecule has 0 heterocycles. The van der Waals surface area contributed by atoms with Gasteiger partial charge in [-0.05, 0) is 69.0 Å². The lowest BCUT2D eigenvalue weighted by molar-refractivity contribution is 0.0942. The van der Waals surface area contributed by atoms with E-state index in [1.807, 2.05) is 50.2 Å². The molecule has 174 valence electrons. The van der Waals surface area contributed by atoms with Gasteiger partial charge in [-0.2, -0.15) is 0 Å². The molecule has 2 N–H and O–H groups in total. The fourth-order valence-electron chi connectivity index (χ4n) is 3.37. The van der Waals surface area contributed by atoms with Gasteiger partial charge in [0, 0.05) is 17.8 Å². The van der Waals surface area contributed by atoms with Crippen molar-refractivity contribution in [3.8, 4) is 5.75 Å². The second-order valence-corrected chi connectivity index (χ2v) is 9.64. The van der Waals surface area contributed by atoms with E-state index >= 15 is 0 Å². The molecule has 3 aromatic rings. The molecule has 0 radical (unpaired) electrons. The average molecular weight is 468 g/mol. The number of aryl methyl sites for hydroxylation is 1. The summed E-state index contributed by atoms with van der Waals surface area (Å²) in [6, 6.07) is 20.7. The van der Waals surface area contributed by atoms with E-state index < -0.39 is 10.0 Å². The standard InChI is InChI=1S/C25H29N3O4S/c1-18-8-14-23(15-9-18)33(30,31)27-21-7-5-6-20(16-21)25(29)26-17-24(28(2)3)19-10-12-22(32-4)13-11-19/h5-16,24,27H,17H2,1-4H3,(H,26,29). The van der Waals surface area contributed by atoms with Crippen LogP contribution in [0.2, 0.25) is 0 Å². The first-order valence-corrected chi connectivity index (χ1v) is 12.0. The number of methoxy groups -OCH3 is 1. The maximum absolute atomic E-state index is 12.8. The summed E-state index contributed by atoms with van der Waals surface area (Å²) < 4.78 is 33.1. The predicted octanol–water partition coefficient (Wildman–Crippen LogP) is 3.84. The molecule has 0 aliphatic rings. The number of likely N-dealkylation sites (N-methyl/N-ethyl adjacent to an activating group) is 1. The van der Waals surface area contributed by atoms with Crippen LogP contribution in [0.25, 0.3) is 0 Å². The number of carbonyl (C=O) groups is 1. The number of hydrogen-bond donors (Lipinski definition) is 2. The molecule has 0 aromatic heterocycles. The van der Waals surface area contributed by atoms with Gasteiger partial charge < -0.3 is 15.0 Å². The van der Waals surface area contributed by atoms with Crippen LogP contribution in [0, 0.1) is 6.92 Å². The van der Waals surface area contributed by atoms with Crippen molar-refractivity contribution in [2.24, 2.45) is 0 Å². The van der Waals surface area contributed by atoms with E-state index in [-0.39, 0.29) is 16.8 Å². The Morgan fingerprint density at radius 1 is 1.00 bits per heavy atom. The Hall–Kier alpha value is -3.36. The van der Waals surface area contributed by atoms with Crippen LogP contribution in [-0.2, 0) is 10.0 Å². The molecule has 0 spiro atoms. The average Bonchev–Trinajstić information content (AvgIpc) is 2.79. The second-order valence-electron chi connectivity index (χ2n) is 7.96. The fraction of sp³-hybridized carbons (Fsp3) is 0.240. The number of ether oxygens (including phenoxy) is 1. The molecule has 0 aliphatic heterocycles. The first kappa shape index (κ1) is 24.3. The molecule has 0 aliphatic carbocycles. The van der Waals surface area contributed by atoms with Crippen molar-refractivity contribution >= 4 is 21.6 Å². The number of hydrogen-bond acceptors (Lipinski definition) is 5. The Bertz CT molecular complexity index is 1190. The molecule has 1 amide bonds. The Balaban J connectivity index is 1.70. The summed E-state index contributed by atoms with van der Waals surface area (Å²) in [5.41, 5.74) is 2.70. The highest BCUT2D eigenvalue weighted by molar-refractivity contribution is 7.92. The zero-order valence-corrected chi connectivity index (χ0v) is 20.0. The first-order chi connectivity index (χ1) is 15.7. The van der Waals surface area contributed by atoms with Gasteiger partial charge in [-0.15, -0.1) is 0 Å². The van der Waals surface area contributed by atoms with Crippen LogP contribution in [0.3, 0.4) is 0 Å². The Labute approximate surface area is 195 Å². The predicted molar refractivity (Wildman–Crippen MR) is 130 cm³/mol. The number of anilines is 1. The molecule has 3 aromatic carbocycles. The lowest BCUT2D eigenvalue weighted by Gasteiger charge is -2.25. The molecule has 8 heteroatoms. The molecule has 3 rings (SSSR count). The zero-order valence-electron chi connectivity index (χ0n) is 19.2. The SMILES string of the molecule is COc1ccc(C(CNC(=O)c2cccc(NS(=O)(=O)c3ccc(C)cc3)c2)N(C)C)cc1. The lowest BCUT2D eigenvalue weighted by Crippen LogP contribution is -2.34. The molecule has 0 saturated heterocycles. The van der Waals surface area contributed by atoms with Gasteiger partial charge in [-0.3, -0.25) is 9.52 Å². The summed E-state index contributed by atoms with van der Waals surface area (Å²) in [7, 11) is 1.76. The minimum Gasteiger partial charge on any atom is -0.497 e. The van der Waals surface area contributed by atoms with Crippen LogP contribution < -0.4 is 14.8 Å². The number of carbonyl (C=O) groups excluding carboxylic acids is 1. The highest BCUT2D eigenvalue weighted by Crippen LogP contribution is 2.21. The van der Waals surface area contributed by atoms with Crippen molar-refractivity contribution < 1.29 is 17.9 Å². The molecule has 0 bridgehead atoms. The van der Waals surface area contributed by atoms with E-state index in [0.29, 0.717) is 17.8 Å². The third-order valence-electron chi connectivity index (χ3n) is 5.29. The molecule has 33 heavy (non-hydrogen) atoms. The zero-order chi connectivity index (χ0) is 24.0. The van der Waals surface area contributed by atoms with Gasteiger partial charge in [-0.25, -0.2) is 8.42 Å². The van der Waals surface area contributed by atoms with Crippen molar-refractivity contribution in [3.63, 3.8) is 0 Å². The Kier molecular flexibility index (Phi) is 7.73. The van der Waals surface area contributed by atoms with Crippen molar-refractivity contribution in [2.75, 3.05) is 32.5 Å². The number of nitrogens with zero attached hydrogens (tertiary/aromatic N) is 1. The van der Waals surface area contributed by atoms with Crippen LogP contribution in [0.1, 0.15) is 27.5 Å². The van der Waals surface area contributed by atoms with Crippen LogP contribution in [0.5, 0.6) is 5.75 Å². The Morgan fingerprint density at radius 2 is 1.67 bits per heavy atom. The van der Waals surface area contributed by atoms with Crippen LogP contribution in [0.4, 0.5) is 5.69 Å². The first-order valence-electron chi connectivity index (χ1n) is 10.5. The Morgan fingerprint density at radius 3 is 2.27 bits per heavy atom.